The molecule has 0 aliphatic heterocycles. The van der Waals surface area contributed by atoms with Gasteiger partial charge in [-0.15, -0.1) is 0 Å². The van der Waals surface area contributed by atoms with Crippen LogP contribution in [0.3, 0.4) is 0 Å². The summed E-state index contributed by atoms with van der Waals surface area (Å²) in [6.07, 6.45) is 2.69. The predicted molar refractivity (Wildman–Crippen MR) is 40.7 cm³/mol. The minimum absolute atomic E-state index is 0.0307. The van der Waals surface area contributed by atoms with E-state index in [0.29, 0.717) is 5.71 Å². The van der Waals surface area contributed by atoms with Crippen LogP contribution in [0, 0.1) is 0 Å². The van der Waals surface area contributed by atoms with E-state index < -0.39 is 0 Å². The first-order valence-electron chi connectivity index (χ1n) is 2.84. The summed E-state index contributed by atoms with van der Waals surface area (Å²) in [4.78, 5) is 14.4. The maximum absolute atomic E-state index is 10.8. The Bertz CT molecular complexity index is 172. The molecule has 0 radical (unpaired) electrons. The van der Waals surface area contributed by atoms with Crippen LogP contribution >= 0.6 is 0 Å². The van der Waals surface area contributed by atoms with Crippen molar-refractivity contribution in [3.05, 3.63) is 12.3 Å². The summed E-state index contributed by atoms with van der Waals surface area (Å²) < 4.78 is 0. The lowest BCUT2D eigenvalue weighted by Gasteiger charge is -1.93. The normalized spacial score (nSPS) is 12.4. The van der Waals surface area contributed by atoms with Gasteiger partial charge in [-0.2, -0.15) is 0 Å². The molecule has 0 aromatic heterocycles. The standard InChI is InChI=1S/C6H11N3O/c1-9-5(2-3-7)6(10)4-8/h2-3H,4,7-8H2,1H3. The maximum atomic E-state index is 10.8. The van der Waals surface area contributed by atoms with Crippen molar-refractivity contribution in [3.63, 3.8) is 0 Å². The number of carbonyl (C=O) groups is 1. The SMILES string of the molecule is CN=C(C=CN)C(=O)CN. The van der Waals surface area contributed by atoms with Crippen molar-refractivity contribution in [1.29, 1.82) is 0 Å². The summed E-state index contributed by atoms with van der Waals surface area (Å²) in [5, 5.41) is 0. The second-order valence-electron chi connectivity index (χ2n) is 1.60. The minimum atomic E-state index is -0.204. The zero-order chi connectivity index (χ0) is 7.98. The molecule has 10 heavy (non-hydrogen) atoms. The average molecular weight is 141 g/mol. The van der Waals surface area contributed by atoms with E-state index >= 15 is 0 Å². The number of nitrogens with two attached hydrogens (primary N) is 2. The fourth-order valence-electron chi connectivity index (χ4n) is 0.488. The molecular formula is C6H11N3O. The highest BCUT2D eigenvalue weighted by Crippen LogP contribution is 1.80. The zero-order valence-electron chi connectivity index (χ0n) is 5.87. The average Bonchev–Trinajstić information content (AvgIpc) is 1.99. The molecule has 0 heterocycles. The van der Waals surface area contributed by atoms with E-state index in [0.717, 1.165) is 0 Å². The molecule has 0 saturated carbocycles. The summed E-state index contributed by atoms with van der Waals surface area (Å²) >= 11 is 0. The number of Topliss-reactive ketones (excluding diaryl/α,β-unsaturated/α-hetero) is 1. The first-order chi connectivity index (χ1) is 4.76. The summed E-state index contributed by atoms with van der Waals surface area (Å²) in [5.74, 6) is -0.204. The van der Waals surface area contributed by atoms with Gasteiger partial charge >= 0.3 is 0 Å². The summed E-state index contributed by atoms with van der Waals surface area (Å²) in [5.41, 5.74) is 10.4. The molecule has 0 saturated heterocycles. The summed E-state index contributed by atoms with van der Waals surface area (Å²) in [6, 6.07) is 0. The smallest absolute Gasteiger partial charge is 0.194 e. The lowest BCUT2D eigenvalue weighted by Crippen LogP contribution is -2.21. The van der Waals surface area contributed by atoms with Gasteiger partial charge in [-0.25, -0.2) is 0 Å². The van der Waals surface area contributed by atoms with Crippen LogP contribution in [0.5, 0.6) is 0 Å². The molecule has 0 aliphatic rings. The molecule has 0 fully saturated rings. The largest absolute Gasteiger partial charge is 0.405 e. The number of hydrogen-bond acceptors (Lipinski definition) is 4. The number of carbonyl (C=O) groups excluding carboxylic acids is 1. The highest BCUT2D eigenvalue weighted by atomic mass is 16.1. The van der Waals surface area contributed by atoms with Crippen molar-refractivity contribution < 1.29 is 4.79 Å². The molecular weight excluding hydrogens is 130 g/mol. The number of ketones is 1. The molecule has 0 bridgehead atoms. The Balaban J connectivity index is 4.23. The van der Waals surface area contributed by atoms with Crippen LogP contribution in [0.1, 0.15) is 0 Å². The lowest BCUT2D eigenvalue weighted by atomic mass is 10.2. The zero-order valence-corrected chi connectivity index (χ0v) is 5.87. The third-order valence-corrected chi connectivity index (χ3v) is 0.966. The van der Waals surface area contributed by atoms with Crippen LogP contribution in [0.15, 0.2) is 17.3 Å². The molecule has 0 amide bonds. The summed E-state index contributed by atoms with van der Waals surface area (Å²) in [6.45, 7) is -0.0307. The van der Waals surface area contributed by atoms with Gasteiger partial charge in [-0.05, 0) is 12.3 Å². The third kappa shape index (κ3) is 2.41. The van der Waals surface area contributed by atoms with Crippen molar-refractivity contribution >= 4 is 11.5 Å². The number of aliphatic imine (C=N–C) groups is 1. The minimum Gasteiger partial charge on any atom is -0.405 e. The van der Waals surface area contributed by atoms with Gasteiger partial charge in [-0.1, -0.05) is 0 Å². The second kappa shape index (κ2) is 4.69. The van der Waals surface area contributed by atoms with Crippen LogP contribution in [0.2, 0.25) is 0 Å². The molecule has 0 spiro atoms. The topological polar surface area (TPSA) is 81.5 Å². The van der Waals surface area contributed by atoms with Crippen molar-refractivity contribution in [2.45, 2.75) is 0 Å². The maximum Gasteiger partial charge on any atom is 0.194 e. The van der Waals surface area contributed by atoms with E-state index in [4.69, 9.17) is 11.5 Å². The van der Waals surface area contributed by atoms with E-state index in [1.54, 1.807) is 0 Å². The van der Waals surface area contributed by atoms with Gasteiger partial charge in [0.15, 0.2) is 5.78 Å². The van der Waals surface area contributed by atoms with Gasteiger partial charge in [0.1, 0.15) is 5.71 Å². The number of nitrogens with zero attached hydrogens (tertiary/aromatic N) is 1. The highest BCUT2D eigenvalue weighted by Gasteiger charge is 2.02. The Labute approximate surface area is 59.6 Å². The molecule has 0 aromatic carbocycles. The fourth-order valence-corrected chi connectivity index (χ4v) is 0.488. The van der Waals surface area contributed by atoms with E-state index in [-0.39, 0.29) is 12.3 Å². The van der Waals surface area contributed by atoms with Crippen LogP contribution in [-0.4, -0.2) is 25.1 Å². The molecule has 0 atom stereocenters. The predicted octanol–water partition coefficient (Wildman–Crippen LogP) is -0.943. The Morgan fingerprint density at radius 2 is 2.30 bits per heavy atom. The molecule has 0 aliphatic carbocycles. The van der Waals surface area contributed by atoms with Gasteiger partial charge in [-0.3, -0.25) is 9.79 Å². The lowest BCUT2D eigenvalue weighted by molar-refractivity contribution is -0.111. The first kappa shape index (κ1) is 8.84. The van der Waals surface area contributed by atoms with Crippen molar-refractivity contribution in [2.24, 2.45) is 16.5 Å². The molecule has 4 N–H and O–H groups in total. The summed E-state index contributed by atoms with van der Waals surface area (Å²) in [7, 11) is 1.52. The Kier molecular flexibility index (Phi) is 4.15. The number of rotatable bonds is 3. The van der Waals surface area contributed by atoms with Crippen LogP contribution in [0.25, 0.3) is 0 Å². The van der Waals surface area contributed by atoms with Gasteiger partial charge < -0.3 is 11.5 Å². The fraction of sp³-hybridized carbons (Fsp3) is 0.333. The highest BCUT2D eigenvalue weighted by molar-refractivity contribution is 6.44. The van der Waals surface area contributed by atoms with Gasteiger partial charge in [0.2, 0.25) is 0 Å². The van der Waals surface area contributed by atoms with E-state index in [1.165, 1.54) is 19.3 Å². The van der Waals surface area contributed by atoms with Crippen LogP contribution < -0.4 is 11.5 Å². The number of hydrogen-bond donors (Lipinski definition) is 2. The van der Waals surface area contributed by atoms with Crippen LogP contribution in [-0.2, 0) is 4.79 Å². The molecule has 0 aromatic rings. The Morgan fingerprint density at radius 1 is 1.70 bits per heavy atom. The number of allylic oxidation sites excluding steroid dienone is 1. The van der Waals surface area contributed by atoms with Gasteiger partial charge in [0.25, 0.3) is 0 Å². The van der Waals surface area contributed by atoms with Gasteiger partial charge in [0.05, 0.1) is 6.54 Å². The van der Waals surface area contributed by atoms with E-state index in [2.05, 4.69) is 4.99 Å². The Morgan fingerprint density at radius 3 is 2.60 bits per heavy atom. The van der Waals surface area contributed by atoms with E-state index in [1.807, 2.05) is 0 Å². The van der Waals surface area contributed by atoms with Crippen LogP contribution in [0.4, 0.5) is 0 Å². The molecule has 0 rings (SSSR count). The van der Waals surface area contributed by atoms with Gasteiger partial charge in [0, 0.05) is 7.05 Å². The molecule has 4 heteroatoms. The van der Waals surface area contributed by atoms with Crippen molar-refractivity contribution in [2.75, 3.05) is 13.6 Å². The van der Waals surface area contributed by atoms with E-state index in [9.17, 15) is 4.79 Å². The monoisotopic (exact) mass is 141 g/mol. The third-order valence-electron chi connectivity index (χ3n) is 0.966. The second-order valence-corrected chi connectivity index (χ2v) is 1.60. The Hall–Kier alpha value is -1.16. The quantitative estimate of drug-likeness (QED) is 0.497. The van der Waals surface area contributed by atoms with Crippen molar-refractivity contribution in [1.82, 2.24) is 0 Å². The first-order valence-corrected chi connectivity index (χ1v) is 2.84. The molecule has 0 unspecified atom stereocenters. The van der Waals surface area contributed by atoms with Crippen molar-refractivity contribution in [3.8, 4) is 0 Å². The molecule has 56 valence electrons. The molecule has 4 nitrogen and oxygen atoms in total.